The zero-order chi connectivity index (χ0) is 11.6. The SMILES string of the molecule is Nc1cc(Cl)ccc1SCC1(O)CCCC1. The Labute approximate surface area is 105 Å². The summed E-state index contributed by atoms with van der Waals surface area (Å²) in [6.45, 7) is 0. The molecule has 1 aliphatic rings. The molecule has 2 nitrogen and oxygen atoms in total. The first kappa shape index (κ1) is 12.1. The summed E-state index contributed by atoms with van der Waals surface area (Å²) in [5, 5.41) is 10.9. The van der Waals surface area contributed by atoms with Gasteiger partial charge in [0.15, 0.2) is 0 Å². The summed E-state index contributed by atoms with van der Waals surface area (Å²) >= 11 is 7.45. The third-order valence-electron chi connectivity index (χ3n) is 3.00. The van der Waals surface area contributed by atoms with Crippen molar-refractivity contribution in [1.82, 2.24) is 0 Å². The summed E-state index contributed by atoms with van der Waals surface area (Å²) in [7, 11) is 0. The van der Waals surface area contributed by atoms with Gasteiger partial charge in [-0.05, 0) is 31.0 Å². The standard InChI is InChI=1S/C12H16ClNOS/c13-9-3-4-11(10(14)7-9)16-8-12(15)5-1-2-6-12/h3-4,7,15H,1-2,5-6,8,14H2. The summed E-state index contributed by atoms with van der Waals surface area (Å²) in [5.74, 6) is 0.721. The molecule has 1 aromatic rings. The van der Waals surface area contributed by atoms with Gasteiger partial charge in [-0.1, -0.05) is 24.4 Å². The second kappa shape index (κ2) is 4.86. The molecule has 0 aromatic heterocycles. The van der Waals surface area contributed by atoms with Crippen LogP contribution in [0.2, 0.25) is 5.02 Å². The van der Waals surface area contributed by atoms with Crippen LogP contribution in [-0.2, 0) is 0 Å². The Morgan fingerprint density at radius 1 is 1.38 bits per heavy atom. The van der Waals surface area contributed by atoms with E-state index in [1.54, 1.807) is 17.8 Å². The molecule has 4 heteroatoms. The number of rotatable bonds is 3. The summed E-state index contributed by atoms with van der Waals surface area (Å²) in [4.78, 5) is 1.00. The lowest BCUT2D eigenvalue weighted by molar-refractivity contribution is 0.0733. The minimum Gasteiger partial charge on any atom is -0.398 e. The maximum Gasteiger partial charge on any atom is 0.0741 e. The molecule has 0 unspecified atom stereocenters. The van der Waals surface area contributed by atoms with Gasteiger partial charge in [-0.25, -0.2) is 0 Å². The smallest absolute Gasteiger partial charge is 0.0741 e. The van der Waals surface area contributed by atoms with Crippen LogP contribution in [0.3, 0.4) is 0 Å². The van der Waals surface area contributed by atoms with Gasteiger partial charge >= 0.3 is 0 Å². The fourth-order valence-corrected chi connectivity index (χ4v) is 3.32. The lowest BCUT2D eigenvalue weighted by Gasteiger charge is -2.21. The van der Waals surface area contributed by atoms with E-state index in [9.17, 15) is 5.11 Å². The normalized spacial score (nSPS) is 18.9. The van der Waals surface area contributed by atoms with E-state index in [1.807, 2.05) is 12.1 Å². The molecule has 1 fully saturated rings. The molecule has 3 N–H and O–H groups in total. The van der Waals surface area contributed by atoms with Crippen molar-refractivity contribution >= 4 is 29.1 Å². The molecule has 1 aliphatic carbocycles. The molecule has 0 radical (unpaired) electrons. The van der Waals surface area contributed by atoms with E-state index < -0.39 is 5.60 Å². The van der Waals surface area contributed by atoms with E-state index in [-0.39, 0.29) is 0 Å². The molecule has 0 saturated heterocycles. The van der Waals surface area contributed by atoms with Crippen molar-refractivity contribution in [2.45, 2.75) is 36.2 Å². The van der Waals surface area contributed by atoms with Gasteiger partial charge in [0.05, 0.1) is 5.60 Å². The third kappa shape index (κ3) is 2.84. The Balaban J connectivity index is 1.99. The van der Waals surface area contributed by atoms with Gasteiger partial charge in [-0.2, -0.15) is 0 Å². The zero-order valence-corrected chi connectivity index (χ0v) is 10.7. The first-order valence-electron chi connectivity index (χ1n) is 5.49. The lowest BCUT2D eigenvalue weighted by Crippen LogP contribution is -2.27. The quantitative estimate of drug-likeness (QED) is 0.645. The lowest BCUT2D eigenvalue weighted by atomic mass is 10.1. The van der Waals surface area contributed by atoms with E-state index >= 15 is 0 Å². The van der Waals surface area contributed by atoms with E-state index in [0.717, 1.165) is 36.3 Å². The molecule has 2 rings (SSSR count). The van der Waals surface area contributed by atoms with Gasteiger partial charge in [-0.15, -0.1) is 11.8 Å². The maximum absolute atomic E-state index is 10.2. The predicted octanol–water partition coefficient (Wildman–Crippen LogP) is 3.32. The van der Waals surface area contributed by atoms with Gasteiger partial charge in [0.2, 0.25) is 0 Å². The van der Waals surface area contributed by atoms with Crippen LogP contribution >= 0.6 is 23.4 Å². The first-order chi connectivity index (χ1) is 7.59. The Bertz CT molecular complexity index is 377. The van der Waals surface area contributed by atoms with Crippen molar-refractivity contribution in [2.24, 2.45) is 0 Å². The molecule has 1 saturated carbocycles. The monoisotopic (exact) mass is 257 g/mol. The van der Waals surface area contributed by atoms with Gasteiger partial charge in [0.1, 0.15) is 0 Å². The molecule has 1 aromatic carbocycles. The van der Waals surface area contributed by atoms with Gasteiger partial charge < -0.3 is 10.8 Å². The highest BCUT2D eigenvalue weighted by Crippen LogP contribution is 2.36. The van der Waals surface area contributed by atoms with Gasteiger partial charge in [0.25, 0.3) is 0 Å². The van der Waals surface area contributed by atoms with Crippen LogP contribution in [0.15, 0.2) is 23.1 Å². The Morgan fingerprint density at radius 3 is 2.69 bits per heavy atom. The highest BCUT2D eigenvalue weighted by Gasteiger charge is 2.31. The van der Waals surface area contributed by atoms with Crippen LogP contribution in [0.4, 0.5) is 5.69 Å². The zero-order valence-electron chi connectivity index (χ0n) is 9.08. The van der Waals surface area contributed by atoms with E-state index in [0.29, 0.717) is 10.7 Å². The average molecular weight is 258 g/mol. The highest BCUT2D eigenvalue weighted by molar-refractivity contribution is 7.99. The van der Waals surface area contributed by atoms with E-state index in [4.69, 9.17) is 17.3 Å². The van der Waals surface area contributed by atoms with Crippen molar-refractivity contribution < 1.29 is 5.11 Å². The predicted molar refractivity (Wildman–Crippen MR) is 70.0 cm³/mol. The van der Waals surface area contributed by atoms with Crippen molar-refractivity contribution in [2.75, 3.05) is 11.5 Å². The number of aliphatic hydroxyl groups is 1. The maximum atomic E-state index is 10.2. The van der Waals surface area contributed by atoms with Crippen molar-refractivity contribution in [1.29, 1.82) is 0 Å². The van der Waals surface area contributed by atoms with Crippen LogP contribution in [0.5, 0.6) is 0 Å². The summed E-state index contributed by atoms with van der Waals surface area (Å²) < 4.78 is 0. The summed E-state index contributed by atoms with van der Waals surface area (Å²) in [6, 6.07) is 5.50. The topological polar surface area (TPSA) is 46.2 Å². The second-order valence-electron chi connectivity index (χ2n) is 4.40. The number of anilines is 1. The summed E-state index contributed by atoms with van der Waals surface area (Å²) in [6.07, 6.45) is 4.08. The van der Waals surface area contributed by atoms with Crippen molar-refractivity contribution in [3.8, 4) is 0 Å². The number of hydrogen-bond donors (Lipinski definition) is 2. The molecule has 0 aliphatic heterocycles. The van der Waals surface area contributed by atoms with Crippen molar-refractivity contribution in [3.05, 3.63) is 23.2 Å². The van der Waals surface area contributed by atoms with Crippen LogP contribution in [0.25, 0.3) is 0 Å². The Kier molecular flexibility index (Phi) is 3.67. The molecule has 0 heterocycles. The van der Waals surface area contributed by atoms with Crippen LogP contribution in [-0.4, -0.2) is 16.5 Å². The minimum atomic E-state index is -0.489. The van der Waals surface area contributed by atoms with Gasteiger partial charge in [-0.3, -0.25) is 0 Å². The summed E-state index contributed by atoms with van der Waals surface area (Å²) in [5.41, 5.74) is 6.07. The highest BCUT2D eigenvalue weighted by atomic mass is 35.5. The number of hydrogen-bond acceptors (Lipinski definition) is 3. The first-order valence-corrected chi connectivity index (χ1v) is 6.86. The molecule has 16 heavy (non-hydrogen) atoms. The molecule has 88 valence electrons. The molecular weight excluding hydrogens is 242 g/mol. The number of nitrogen functional groups attached to an aromatic ring is 1. The van der Waals surface area contributed by atoms with E-state index in [2.05, 4.69) is 0 Å². The molecular formula is C12H16ClNOS. The molecule has 0 atom stereocenters. The van der Waals surface area contributed by atoms with Crippen LogP contribution < -0.4 is 5.73 Å². The Morgan fingerprint density at radius 2 is 2.06 bits per heavy atom. The largest absolute Gasteiger partial charge is 0.398 e. The number of halogens is 1. The molecule has 0 bridgehead atoms. The third-order valence-corrected chi connectivity index (χ3v) is 4.60. The van der Waals surface area contributed by atoms with Crippen molar-refractivity contribution in [3.63, 3.8) is 0 Å². The average Bonchev–Trinajstić information content (AvgIpc) is 2.64. The van der Waals surface area contributed by atoms with E-state index in [1.165, 1.54) is 0 Å². The Hall–Kier alpha value is -0.380. The number of benzene rings is 1. The number of nitrogens with two attached hydrogens (primary N) is 1. The molecule has 0 amide bonds. The van der Waals surface area contributed by atoms with Gasteiger partial charge in [0, 0.05) is 21.4 Å². The number of thioether (sulfide) groups is 1. The minimum absolute atomic E-state index is 0.489. The van der Waals surface area contributed by atoms with Crippen LogP contribution in [0.1, 0.15) is 25.7 Å². The molecule has 0 spiro atoms. The fourth-order valence-electron chi connectivity index (χ4n) is 2.04. The van der Waals surface area contributed by atoms with Crippen LogP contribution in [0, 0.1) is 0 Å². The second-order valence-corrected chi connectivity index (χ2v) is 5.86. The fraction of sp³-hybridized carbons (Fsp3) is 0.500.